The van der Waals surface area contributed by atoms with E-state index in [1.54, 1.807) is 30.7 Å². The monoisotopic (exact) mass is 528 g/mol. The maximum Gasteiger partial charge on any atom is 0.251 e. The minimum Gasteiger partial charge on any atom is -0.486 e. The van der Waals surface area contributed by atoms with Gasteiger partial charge in [0.15, 0.2) is 12.0 Å². The van der Waals surface area contributed by atoms with Gasteiger partial charge in [-0.25, -0.2) is 19.3 Å². The van der Waals surface area contributed by atoms with Crippen molar-refractivity contribution in [2.24, 2.45) is 0 Å². The number of likely N-dealkylation sites (tertiary alicyclic amines) is 1. The molecule has 4 aromatic rings. The Morgan fingerprint density at radius 3 is 2.77 bits per heavy atom. The Labute approximate surface area is 223 Å². The minimum atomic E-state index is -1.46. The molecule has 1 aliphatic heterocycles. The van der Waals surface area contributed by atoms with E-state index in [0.29, 0.717) is 17.3 Å². The molecule has 2 aromatic carbocycles. The summed E-state index contributed by atoms with van der Waals surface area (Å²) in [4.78, 5) is 30.2. The standard InChI is InChI=1S/C27H25FN8O3/c1-17(37)26(38)35-10-8-24(22(28)14-35)39-23-7-2-18(12-19(23)13-29)25-31-15-32-27(34-25)33-20-3-5-21(6-4-20)36-11-9-30-16-36/h2-7,9,11-12,15-17,22,24,37H,8,10,14H2,1H3,(H,31,32,33,34)/t17-,22?,24-/m0/s1. The molecule has 0 spiro atoms. The number of carbonyl (C=O) groups is 1. The number of alkyl halides is 1. The Morgan fingerprint density at radius 2 is 2.08 bits per heavy atom. The van der Waals surface area contributed by atoms with Crippen LogP contribution in [0.1, 0.15) is 18.9 Å². The van der Waals surface area contributed by atoms with E-state index in [1.807, 2.05) is 35.0 Å². The minimum absolute atomic E-state index is 0.179. The Hall–Kier alpha value is -4.89. The second-order valence-electron chi connectivity index (χ2n) is 9.02. The molecule has 1 aliphatic rings. The number of nitrogens with one attached hydrogen (secondary N) is 1. The summed E-state index contributed by atoms with van der Waals surface area (Å²) in [5.74, 6) is 0.386. The van der Waals surface area contributed by atoms with Crippen molar-refractivity contribution in [3.8, 4) is 28.9 Å². The van der Waals surface area contributed by atoms with Crippen LogP contribution < -0.4 is 10.1 Å². The van der Waals surface area contributed by atoms with Crippen LogP contribution >= 0.6 is 0 Å². The smallest absolute Gasteiger partial charge is 0.251 e. The van der Waals surface area contributed by atoms with Gasteiger partial charge in [0.2, 0.25) is 5.95 Å². The van der Waals surface area contributed by atoms with Crippen LogP contribution in [0.2, 0.25) is 0 Å². The molecule has 1 unspecified atom stereocenters. The molecule has 198 valence electrons. The molecule has 2 aromatic heterocycles. The summed E-state index contributed by atoms with van der Waals surface area (Å²) >= 11 is 0. The highest BCUT2D eigenvalue weighted by atomic mass is 19.1. The van der Waals surface area contributed by atoms with Gasteiger partial charge in [-0.2, -0.15) is 10.2 Å². The molecule has 1 saturated heterocycles. The quantitative estimate of drug-likeness (QED) is 0.370. The van der Waals surface area contributed by atoms with Crippen LogP contribution in [0.3, 0.4) is 0 Å². The normalized spacial score (nSPS) is 17.7. The van der Waals surface area contributed by atoms with Crippen LogP contribution in [0.4, 0.5) is 16.0 Å². The number of piperidine rings is 1. The van der Waals surface area contributed by atoms with Crippen molar-refractivity contribution in [3.63, 3.8) is 0 Å². The topological polar surface area (TPSA) is 142 Å². The summed E-state index contributed by atoms with van der Waals surface area (Å²) < 4.78 is 22.5. The number of nitriles is 1. The fraction of sp³-hybridized carbons (Fsp3) is 0.259. The third-order valence-corrected chi connectivity index (χ3v) is 6.29. The zero-order chi connectivity index (χ0) is 27.4. The number of ether oxygens (including phenoxy) is 1. The molecule has 5 rings (SSSR count). The number of rotatable bonds is 7. The highest BCUT2D eigenvalue weighted by Crippen LogP contribution is 2.28. The van der Waals surface area contributed by atoms with Crippen LogP contribution in [0.5, 0.6) is 5.75 Å². The summed E-state index contributed by atoms with van der Waals surface area (Å²) in [6.45, 7) is 1.42. The highest BCUT2D eigenvalue weighted by Gasteiger charge is 2.34. The van der Waals surface area contributed by atoms with Gasteiger partial charge in [0.05, 0.1) is 18.4 Å². The molecule has 1 fully saturated rings. The maximum atomic E-state index is 14.8. The Kier molecular flexibility index (Phi) is 7.42. The molecule has 12 heteroatoms. The van der Waals surface area contributed by atoms with E-state index in [1.165, 1.54) is 18.2 Å². The number of carbonyl (C=O) groups excluding carboxylic acids is 1. The highest BCUT2D eigenvalue weighted by molar-refractivity contribution is 5.80. The van der Waals surface area contributed by atoms with E-state index in [2.05, 4.69) is 31.3 Å². The van der Waals surface area contributed by atoms with Crippen LogP contribution in [0, 0.1) is 11.3 Å². The van der Waals surface area contributed by atoms with Crippen LogP contribution in [-0.4, -0.2) is 71.9 Å². The molecule has 1 amide bonds. The number of halogens is 1. The van der Waals surface area contributed by atoms with Crippen molar-refractivity contribution in [2.75, 3.05) is 18.4 Å². The van der Waals surface area contributed by atoms with Crippen molar-refractivity contribution in [2.45, 2.75) is 31.7 Å². The molecule has 3 atom stereocenters. The third-order valence-electron chi connectivity index (χ3n) is 6.29. The summed E-state index contributed by atoms with van der Waals surface area (Å²) in [6, 6.07) is 14.6. The number of benzene rings is 2. The van der Waals surface area contributed by atoms with Gasteiger partial charge in [-0.1, -0.05) is 0 Å². The average Bonchev–Trinajstić information content (AvgIpc) is 3.49. The molecule has 11 nitrogen and oxygen atoms in total. The van der Waals surface area contributed by atoms with Crippen LogP contribution in [0.15, 0.2) is 67.5 Å². The fourth-order valence-corrected chi connectivity index (χ4v) is 4.26. The largest absolute Gasteiger partial charge is 0.486 e. The van der Waals surface area contributed by atoms with Crippen molar-refractivity contribution in [1.82, 2.24) is 29.4 Å². The van der Waals surface area contributed by atoms with E-state index in [9.17, 15) is 19.6 Å². The van der Waals surface area contributed by atoms with E-state index in [-0.39, 0.29) is 30.8 Å². The second kappa shape index (κ2) is 11.2. The SMILES string of the molecule is C[C@H](O)C(=O)N1CC[C@H](Oc2ccc(-c3ncnc(Nc4ccc(-n5ccnc5)cc4)n3)cc2C#N)C(F)C1. The lowest BCUT2D eigenvalue weighted by Crippen LogP contribution is -2.51. The number of aromatic nitrogens is 5. The molecule has 0 aliphatic carbocycles. The van der Waals surface area contributed by atoms with Gasteiger partial charge in [0, 0.05) is 42.3 Å². The summed E-state index contributed by atoms with van der Waals surface area (Å²) in [5.41, 5.74) is 2.50. The fourth-order valence-electron chi connectivity index (χ4n) is 4.26. The van der Waals surface area contributed by atoms with Crippen LogP contribution in [0.25, 0.3) is 17.1 Å². The average molecular weight is 529 g/mol. The zero-order valence-electron chi connectivity index (χ0n) is 21.0. The van der Waals surface area contributed by atoms with E-state index in [0.717, 1.165) is 11.4 Å². The number of amides is 1. The summed E-state index contributed by atoms with van der Waals surface area (Å²) in [5, 5.41) is 22.3. The number of hydrogen-bond donors (Lipinski definition) is 2. The molecule has 0 bridgehead atoms. The van der Waals surface area contributed by atoms with E-state index < -0.39 is 24.3 Å². The number of aliphatic hydroxyl groups is 1. The molecule has 3 heterocycles. The lowest BCUT2D eigenvalue weighted by atomic mass is 10.0. The Bertz CT molecular complexity index is 1490. The first-order valence-corrected chi connectivity index (χ1v) is 12.3. The van der Waals surface area contributed by atoms with E-state index in [4.69, 9.17) is 4.74 Å². The number of hydrogen-bond acceptors (Lipinski definition) is 9. The maximum absolute atomic E-state index is 14.8. The van der Waals surface area contributed by atoms with Crippen molar-refractivity contribution in [3.05, 3.63) is 73.1 Å². The van der Waals surface area contributed by atoms with Gasteiger partial charge >= 0.3 is 0 Å². The molecule has 39 heavy (non-hydrogen) atoms. The van der Waals surface area contributed by atoms with Crippen molar-refractivity contribution < 1.29 is 19.0 Å². The number of anilines is 2. The van der Waals surface area contributed by atoms with Gasteiger partial charge in [-0.05, 0) is 49.4 Å². The van der Waals surface area contributed by atoms with Gasteiger partial charge in [-0.15, -0.1) is 0 Å². The third kappa shape index (κ3) is 5.83. The predicted molar refractivity (Wildman–Crippen MR) is 139 cm³/mol. The molecular formula is C27H25FN8O3. The van der Waals surface area contributed by atoms with Gasteiger partial charge < -0.3 is 24.6 Å². The molecule has 0 saturated carbocycles. The number of imidazole rings is 1. The summed E-state index contributed by atoms with van der Waals surface area (Å²) in [6.07, 6.45) is 3.41. The first-order valence-electron chi connectivity index (χ1n) is 12.3. The molecule has 2 N–H and O–H groups in total. The number of aliphatic hydroxyl groups excluding tert-OH is 1. The lowest BCUT2D eigenvalue weighted by molar-refractivity contribution is -0.143. The first-order chi connectivity index (χ1) is 18.9. The van der Waals surface area contributed by atoms with Gasteiger partial charge in [0.1, 0.15) is 30.4 Å². The zero-order valence-corrected chi connectivity index (χ0v) is 21.0. The first kappa shape index (κ1) is 25.7. The van der Waals surface area contributed by atoms with Crippen molar-refractivity contribution in [1.29, 1.82) is 5.26 Å². The second-order valence-corrected chi connectivity index (χ2v) is 9.02. The lowest BCUT2D eigenvalue weighted by Gasteiger charge is -2.35. The van der Waals surface area contributed by atoms with Crippen LogP contribution in [-0.2, 0) is 4.79 Å². The predicted octanol–water partition coefficient (Wildman–Crippen LogP) is 3.04. The van der Waals surface area contributed by atoms with E-state index >= 15 is 0 Å². The molecular weight excluding hydrogens is 503 g/mol. The van der Waals surface area contributed by atoms with Gasteiger partial charge in [0.25, 0.3) is 5.91 Å². The molecule has 0 radical (unpaired) electrons. The van der Waals surface area contributed by atoms with Gasteiger partial charge in [-0.3, -0.25) is 4.79 Å². The Morgan fingerprint density at radius 1 is 1.26 bits per heavy atom. The van der Waals surface area contributed by atoms with Crippen molar-refractivity contribution >= 4 is 17.5 Å². The summed E-state index contributed by atoms with van der Waals surface area (Å²) in [7, 11) is 0. The number of nitrogens with zero attached hydrogens (tertiary/aromatic N) is 7. The Balaban J connectivity index is 1.27.